The molecule has 17 heavy (non-hydrogen) atoms. The van der Waals surface area contributed by atoms with E-state index in [-0.39, 0.29) is 0 Å². The Hall–Kier alpha value is -1.46. The van der Waals surface area contributed by atoms with Crippen LogP contribution in [0, 0.1) is 11.6 Å². The molecular formula is C12H10F2N2S. The van der Waals surface area contributed by atoms with Gasteiger partial charge < -0.3 is 5.73 Å². The standard InChI is InChI=1S/C12H10F2N2S/c13-8-4-5-11(10(14)6-8)17-12-3-1-2-9(7-15)16-12/h1-6H,7,15H2. The molecule has 0 saturated carbocycles. The Kier molecular flexibility index (Phi) is 3.71. The second-order valence-corrected chi connectivity index (χ2v) is 4.41. The Balaban J connectivity index is 2.25. The monoisotopic (exact) mass is 252 g/mol. The molecule has 0 aliphatic carbocycles. The van der Waals surface area contributed by atoms with E-state index in [1.54, 1.807) is 18.2 Å². The van der Waals surface area contributed by atoms with Crippen molar-refractivity contribution >= 4 is 11.8 Å². The Labute approximate surface area is 102 Å². The van der Waals surface area contributed by atoms with Crippen LogP contribution in [0.3, 0.4) is 0 Å². The van der Waals surface area contributed by atoms with Gasteiger partial charge in [-0.25, -0.2) is 13.8 Å². The zero-order valence-corrected chi connectivity index (χ0v) is 9.68. The number of benzene rings is 1. The lowest BCUT2D eigenvalue weighted by Crippen LogP contribution is -1.99. The fourth-order valence-corrected chi connectivity index (χ4v) is 2.13. The first-order valence-electron chi connectivity index (χ1n) is 4.98. The van der Waals surface area contributed by atoms with E-state index in [0.29, 0.717) is 16.5 Å². The zero-order chi connectivity index (χ0) is 12.3. The highest BCUT2D eigenvalue weighted by atomic mass is 32.2. The molecule has 0 bridgehead atoms. The molecule has 0 unspecified atom stereocenters. The highest BCUT2D eigenvalue weighted by Gasteiger charge is 2.06. The van der Waals surface area contributed by atoms with Crippen molar-refractivity contribution in [2.45, 2.75) is 16.5 Å². The normalized spacial score (nSPS) is 10.5. The molecule has 1 heterocycles. The number of rotatable bonds is 3. The van der Waals surface area contributed by atoms with E-state index in [1.807, 2.05) is 0 Å². The number of pyridine rings is 1. The highest BCUT2D eigenvalue weighted by Crippen LogP contribution is 2.28. The molecule has 0 spiro atoms. The van der Waals surface area contributed by atoms with Gasteiger partial charge in [0, 0.05) is 17.5 Å². The molecule has 2 rings (SSSR count). The van der Waals surface area contributed by atoms with Crippen LogP contribution >= 0.6 is 11.8 Å². The Morgan fingerprint density at radius 2 is 2.00 bits per heavy atom. The van der Waals surface area contributed by atoms with Crippen molar-refractivity contribution in [2.75, 3.05) is 0 Å². The van der Waals surface area contributed by atoms with E-state index < -0.39 is 11.6 Å². The highest BCUT2D eigenvalue weighted by molar-refractivity contribution is 7.99. The summed E-state index contributed by atoms with van der Waals surface area (Å²) in [7, 11) is 0. The van der Waals surface area contributed by atoms with Gasteiger partial charge in [-0.1, -0.05) is 17.8 Å². The van der Waals surface area contributed by atoms with Crippen LogP contribution in [-0.4, -0.2) is 4.98 Å². The molecule has 88 valence electrons. The number of nitrogens with zero attached hydrogens (tertiary/aromatic N) is 1. The van der Waals surface area contributed by atoms with E-state index in [9.17, 15) is 8.78 Å². The molecule has 5 heteroatoms. The summed E-state index contributed by atoms with van der Waals surface area (Å²) in [5, 5.41) is 0.637. The maximum Gasteiger partial charge on any atom is 0.140 e. The summed E-state index contributed by atoms with van der Waals surface area (Å²) in [5.74, 6) is -1.18. The molecule has 1 aromatic heterocycles. The maximum atomic E-state index is 13.4. The fourth-order valence-electron chi connectivity index (χ4n) is 1.30. The van der Waals surface area contributed by atoms with Crippen molar-refractivity contribution in [2.24, 2.45) is 5.73 Å². The van der Waals surface area contributed by atoms with Crippen molar-refractivity contribution in [3.63, 3.8) is 0 Å². The lowest BCUT2D eigenvalue weighted by molar-refractivity contribution is 0.565. The van der Waals surface area contributed by atoms with Crippen LogP contribution in [-0.2, 0) is 6.54 Å². The van der Waals surface area contributed by atoms with Crippen molar-refractivity contribution in [1.82, 2.24) is 4.98 Å². The summed E-state index contributed by atoms with van der Waals surface area (Å²) in [6.07, 6.45) is 0. The van der Waals surface area contributed by atoms with Crippen LogP contribution in [0.4, 0.5) is 8.78 Å². The molecule has 2 aromatic rings. The van der Waals surface area contributed by atoms with Crippen molar-refractivity contribution in [1.29, 1.82) is 0 Å². The minimum absolute atomic E-state index is 0.334. The Morgan fingerprint density at radius 1 is 1.18 bits per heavy atom. The third-order valence-electron chi connectivity index (χ3n) is 2.10. The molecule has 0 saturated heterocycles. The summed E-state index contributed by atoms with van der Waals surface area (Å²) < 4.78 is 26.1. The second kappa shape index (κ2) is 5.25. The van der Waals surface area contributed by atoms with E-state index >= 15 is 0 Å². The van der Waals surface area contributed by atoms with E-state index in [2.05, 4.69) is 4.98 Å². The number of halogens is 2. The minimum Gasteiger partial charge on any atom is -0.325 e. The van der Waals surface area contributed by atoms with Gasteiger partial charge in [0.15, 0.2) is 0 Å². The fraction of sp³-hybridized carbons (Fsp3) is 0.0833. The van der Waals surface area contributed by atoms with E-state index in [4.69, 9.17) is 5.73 Å². The van der Waals surface area contributed by atoms with Gasteiger partial charge >= 0.3 is 0 Å². The predicted molar refractivity (Wildman–Crippen MR) is 62.6 cm³/mol. The van der Waals surface area contributed by atoms with Crippen LogP contribution in [0.2, 0.25) is 0 Å². The second-order valence-electron chi connectivity index (χ2n) is 3.35. The molecule has 2 N–H and O–H groups in total. The zero-order valence-electron chi connectivity index (χ0n) is 8.86. The third-order valence-corrected chi connectivity index (χ3v) is 3.09. The van der Waals surface area contributed by atoms with Gasteiger partial charge in [0.25, 0.3) is 0 Å². The van der Waals surface area contributed by atoms with E-state index in [1.165, 1.54) is 12.1 Å². The van der Waals surface area contributed by atoms with Gasteiger partial charge in [-0.15, -0.1) is 0 Å². The van der Waals surface area contributed by atoms with Gasteiger partial charge in [0.2, 0.25) is 0 Å². The first kappa shape index (κ1) is 12.0. The molecule has 0 atom stereocenters. The van der Waals surface area contributed by atoms with Crippen molar-refractivity contribution in [3.05, 3.63) is 53.7 Å². The van der Waals surface area contributed by atoms with Gasteiger partial charge in [-0.2, -0.15) is 0 Å². The van der Waals surface area contributed by atoms with Crippen molar-refractivity contribution < 1.29 is 8.78 Å². The summed E-state index contributed by atoms with van der Waals surface area (Å²) in [5.41, 5.74) is 6.20. The van der Waals surface area contributed by atoms with Crippen LogP contribution in [0.1, 0.15) is 5.69 Å². The van der Waals surface area contributed by atoms with Crippen molar-refractivity contribution in [3.8, 4) is 0 Å². The first-order chi connectivity index (χ1) is 8.19. The largest absolute Gasteiger partial charge is 0.325 e. The summed E-state index contributed by atoms with van der Waals surface area (Å²) in [4.78, 5) is 4.57. The lowest BCUT2D eigenvalue weighted by Gasteiger charge is -2.04. The average Bonchev–Trinajstić information content (AvgIpc) is 2.33. The quantitative estimate of drug-likeness (QED) is 0.912. The number of hydrogen-bond acceptors (Lipinski definition) is 3. The molecular weight excluding hydrogens is 242 g/mol. The SMILES string of the molecule is NCc1cccc(Sc2ccc(F)cc2F)n1. The number of nitrogens with two attached hydrogens (primary N) is 1. The molecule has 0 aliphatic heterocycles. The van der Waals surface area contributed by atoms with E-state index in [0.717, 1.165) is 23.5 Å². The van der Waals surface area contributed by atoms with Gasteiger partial charge in [0.05, 0.1) is 5.69 Å². The molecule has 0 fully saturated rings. The molecule has 0 aliphatic rings. The molecule has 2 nitrogen and oxygen atoms in total. The van der Waals surface area contributed by atoms with Crippen LogP contribution in [0.25, 0.3) is 0 Å². The van der Waals surface area contributed by atoms with Gasteiger partial charge in [-0.05, 0) is 24.3 Å². The maximum absolute atomic E-state index is 13.4. The van der Waals surface area contributed by atoms with Gasteiger partial charge in [-0.3, -0.25) is 0 Å². The predicted octanol–water partition coefficient (Wildman–Crippen LogP) is 2.97. The first-order valence-corrected chi connectivity index (χ1v) is 5.79. The van der Waals surface area contributed by atoms with Crippen LogP contribution in [0.5, 0.6) is 0 Å². The number of hydrogen-bond donors (Lipinski definition) is 1. The third kappa shape index (κ3) is 3.01. The molecule has 1 aromatic carbocycles. The van der Waals surface area contributed by atoms with Crippen LogP contribution in [0.15, 0.2) is 46.3 Å². The summed E-state index contributed by atoms with van der Waals surface area (Å²) >= 11 is 1.14. The van der Waals surface area contributed by atoms with Gasteiger partial charge in [0.1, 0.15) is 16.7 Å². The Bertz CT molecular complexity index is 532. The Morgan fingerprint density at radius 3 is 2.71 bits per heavy atom. The number of aromatic nitrogens is 1. The lowest BCUT2D eigenvalue weighted by atomic mass is 10.3. The van der Waals surface area contributed by atoms with Crippen LogP contribution < -0.4 is 5.73 Å². The summed E-state index contributed by atoms with van der Waals surface area (Å²) in [6.45, 7) is 0.334. The topological polar surface area (TPSA) is 38.9 Å². The smallest absolute Gasteiger partial charge is 0.140 e. The average molecular weight is 252 g/mol. The molecule has 0 amide bonds. The molecule has 0 radical (unpaired) electrons. The summed E-state index contributed by atoms with van der Waals surface area (Å²) in [6, 6.07) is 8.83. The minimum atomic E-state index is -0.588.